The van der Waals surface area contributed by atoms with Crippen LogP contribution in [0.2, 0.25) is 0 Å². The van der Waals surface area contributed by atoms with Crippen molar-refractivity contribution in [2.24, 2.45) is 0 Å². The Kier molecular flexibility index (Phi) is 10.8. The number of rotatable bonds is 13. The predicted molar refractivity (Wildman–Crippen MR) is 120 cm³/mol. The number of nitriles is 1. The highest BCUT2D eigenvalue weighted by Gasteiger charge is 2.25. The third-order valence-electron chi connectivity index (χ3n) is 4.10. The van der Waals surface area contributed by atoms with E-state index in [1.165, 1.54) is 6.07 Å². The van der Waals surface area contributed by atoms with Gasteiger partial charge in [0.1, 0.15) is 11.6 Å². The van der Waals surface area contributed by atoms with Crippen LogP contribution in [-0.2, 0) is 14.3 Å². The van der Waals surface area contributed by atoms with E-state index in [4.69, 9.17) is 4.18 Å². The van der Waals surface area contributed by atoms with Crippen LogP contribution in [0.25, 0.3) is 0 Å². The number of nitrogens with one attached hydrogen (secondary N) is 1. The van der Waals surface area contributed by atoms with Crippen LogP contribution in [0.15, 0.2) is 12.1 Å². The number of hydrogen-bond acceptors (Lipinski definition) is 9. The molecule has 11 nitrogen and oxygen atoms in total. The summed E-state index contributed by atoms with van der Waals surface area (Å²) in [6.07, 6.45) is 1.58. The highest BCUT2D eigenvalue weighted by Crippen LogP contribution is 2.29. The molecule has 0 bridgehead atoms. The largest absolute Gasteiger partial charge is 0.367 e. The van der Waals surface area contributed by atoms with Crippen molar-refractivity contribution < 1.29 is 22.3 Å². The summed E-state index contributed by atoms with van der Waals surface area (Å²) in [5, 5.41) is 24.1. The molecule has 31 heavy (non-hydrogen) atoms. The molecule has 0 aromatic heterocycles. The smallest absolute Gasteiger partial charge is 0.283 e. The fourth-order valence-corrected chi connectivity index (χ4v) is 3.51. The summed E-state index contributed by atoms with van der Waals surface area (Å²) in [4.78, 5) is 27.0. The molecule has 0 fully saturated rings. The Morgan fingerprint density at radius 3 is 2.52 bits per heavy atom. The second-order valence-corrected chi connectivity index (χ2v) is 9.31. The molecule has 0 aliphatic carbocycles. The SMILES string of the molecule is CN(C)CCCNC(=O)c1cc(N(CCBr)CCOS(C)(=O)=O)c(C#N)cc1[N+](=O)[O-]. The molecule has 0 unspecified atom stereocenters. The maximum absolute atomic E-state index is 12.6. The van der Waals surface area contributed by atoms with Crippen LogP contribution in [0.4, 0.5) is 11.4 Å². The van der Waals surface area contributed by atoms with Gasteiger partial charge in [-0.05, 0) is 33.1 Å². The topological polar surface area (TPSA) is 146 Å². The lowest BCUT2D eigenvalue weighted by Crippen LogP contribution is -2.32. The fourth-order valence-electron chi connectivity index (χ4n) is 2.71. The molecule has 0 atom stereocenters. The first kappa shape index (κ1) is 26.8. The van der Waals surface area contributed by atoms with Crippen molar-refractivity contribution in [2.45, 2.75) is 6.42 Å². The van der Waals surface area contributed by atoms with Gasteiger partial charge in [-0.1, -0.05) is 15.9 Å². The Morgan fingerprint density at radius 1 is 1.32 bits per heavy atom. The van der Waals surface area contributed by atoms with E-state index < -0.39 is 26.6 Å². The van der Waals surface area contributed by atoms with Gasteiger partial charge >= 0.3 is 0 Å². The molecule has 0 spiro atoms. The summed E-state index contributed by atoms with van der Waals surface area (Å²) < 4.78 is 27.2. The molecule has 0 heterocycles. The van der Waals surface area contributed by atoms with Crippen LogP contribution in [-0.4, -0.2) is 82.6 Å². The molecular formula is C18H26BrN5O6S. The number of nitro benzene ring substituents is 1. The van der Waals surface area contributed by atoms with E-state index in [0.717, 1.165) is 18.9 Å². The van der Waals surface area contributed by atoms with Crippen molar-refractivity contribution in [2.75, 3.05) is 63.4 Å². The zero-order valence-corrected chi connectivity index (χ0v) is 20.0. The van der Waals surface area contributed by atoms with Gasteiger partial charge in [0.2, 0.25) is 0 Å². The average Bonchev–Trinajstić information content (AvgIpc) is 2.68. The lowest BCUT2D eigenvalue weighted by Gasteiger charge is -2.25. The molecule has 0 aliphatic rings. The molecule has 1 rings (SSSR count). The molecule has 0 saturated carbocycles. The number of carbonyl (C=O) groups excluding carboxylic acids is 1. The quantitative estimate of drug-likeness (QED) is 0.134. The second kappa shape index (κ2) is 12.6. The minimum Gasteiger partial charge on any atom is -0.367 e. The molecule has 1 aromatic rings. The summed E-state index contributed by atoms with van der Waals surface area (Å²) in [5.74, 6) is -0.623. The normalized spacial score (nSPS) is 11.2. The van der Waals surface area contributed by atoms with E-state index in [1.54, 1.807) is 4.90 Å². The molecule has 13 heteroatoms. The lowest BCUT2D eigenvalue weighted by molar-refractivity contribution is -0.385. The Bertz CT molecular complexity index is 932. The minimum absolute atomic E-state index is 0.00355. The van der Waals surface area contributed by atoms with E-state index in [1.807, 2.05) is 25.1 Å². The number of benzene rings is 1. The maximum Gasteiger partial charge on any atom is 0.283 e. The van der Waals surface area contributed by atoms with Crippen LogP contribution in [0.1, 0.15) is 22.3 Å². The maximum atomic E-state index is 12.6. The van der Waals surface area contributed by atoms with Gasteiger partial charge < -0.3 is 15.1 Å². The van der Waals surface area contributed by atoms with Crippen LogP contribution >= 0.6 is 15.9 Å². The molecule has 1 amide bonds. The number of halogens is 1. The second-order valence-electron chi connectivity index (χ2n) is 6.87. The van der Waals surface area contributed by atoms with Gasteiger partial charge in [0.15, 0.2) is 0 Å². The molecule has 172 valence electrons. The Balaban J connectivity index is 3.25. The molecule has 1 N–H and O–H groups in total. The summed E-state index contributed by atoms with van der Waals surface area (Å²) in [6, 6.07) is 4.26. The van der Waals surface area contributed by atoms with Crippen LogP contribution < -0.4 is 10.2 Å². The van der Waals surface area contributed by atoms with E-state index >= 15 is 0 Å². The summed E-state index contributed by atoms with van der Waals surface area (Å²) in [7, 11) is 0.137. The predicted octanol–water partition coefficient (Wildman–Crippen LogP) is 1.33. The number of anilines is 1. The van der Waals surface area contributed by atoms with Crippen LogP contribution in [0, 0.1) is 21.4 Å². The highest BCUT2D eigenvalue weighted by atomic mass is 79.9. The first-order chi connectivity index (χ1) is 14.5. The van der Waals surface area contributed by atoms with Crippen molar-refractivity contribution in [1.82, 2.24) is 10.2 Å². The highest BCUT2D eigenvalue weighted by molar-refractivity contribution is 9.09. The average molecular weight is 520 g/mol. The fraction of sp³-hybridized carbons (Fsp3) is 0.556. The first-order valence-electron chi connectivity index (χ1n) is 9.31. The zero-order chi connectivity index (χ0) is 23.6. The molecular weight excluding hydrogens is 494 g/mol. The summed E-state index contributed by atoms with van der Waals surface area (Å²) >= 11 is 3.29. The summed E-state index contributed by atoms with van der Waals surface area (Å²) in [5.41, 5.74) is -0.372. The van der Waals surface area contributed by atoms with Gasteiger partial charge in [-0.2, -0.15) is 13.7 Å². The monoisotopic (exact) mass is 519 g/mol. The molecule has 0 radical (unpaired) electrons. The zero-order valence-electron chi connectivity index (χ0n) is 17.6. The van der Waals surface area contributed by atoms with Crippen LogP contribution in [0.3, 0.4) is 0 Å². The minimum atomic E-state index is -3.65. The van der Waals surface area contributed by atoms with Crippen LogP contribution in [0.5, 0.6) is 0 Å². The van der Waals surface area contributed by atoms with Crippen molar-refractivity contribution in [3.63, 3.8) is 0 Å². The van der Waals surface area contributed by atoms with Gasteiger partial charge in [-0.15, -0.1) is 0 Å². The Labute approximate surface area is 190 Å². The number of alkyl halides is 1. The van der Waals surface area contributed by atoms with E-state index in [-0.39, 0.29) is 30.0 Å². The third-order valence-corrected chi connectivity index (χ3v) is 5.05. The van der Waals surface area contributed by atoms with E-state index in [9.17, 15) is 28.6 Å². The molecule has 0 saturated heterocycles. The molecule has 1 aromatic carbocycles. The van der Waals surface area contributed by atoms with Crippen molar-refractivity contribution in [3.05, 3.63) is 33.4 Å². The number of amides is 1. The third kappa shape index (κ3) is 9.18. The van der Waals surface area contributed by atoms with Crippen molar-refractivity contribution in [3.8, 4) is 6.07 Å². The Morgan fingerprint density at radius 2 is 2.00 bits per heavy atom. The van der Waals surface area contributed by atoms with Gasteiger partial charge in [0.05, 0.1) is 29.0 Å². The number of carbonyl (C=O) groups is 1. The number of hydrogen-bond donors (Lipinski definition) is 1. The van der Waals surface area contributed by atoms with E-state index in [2.05, 4.69) is 21.2 Å². The lowest BCUT2D eigenvalue weighted by atomic mass is 10.0. The first-order valence-corrected chi connectivity index (χ1v) is 12.2. The standard InChI is InChI=1S/C18H26BrN5O6S/c1-22(2)7-4-6-21-18(25)15-12-16(14(13-20)11-17(15)24(26)27)23(8-5-19)9-10-30-31(3,28)29/h11-12H,4-10H2,1-3H3,(H,21,25). The van der Waals surface area contributed by atoms with Gasteiger partial charge in [0, 0.05) is 31.0 Å². The summed E-state index contributed by atoms with van der Waals surface area (Å²) in [6.45, 7) is 1.33. The van der Waals surface area contributed by atoms with E-state index in [0.29, 0.717) is 24.8 Å². The van der Waals surface area contributed by atoms with Gasteiger partial charge in [-0.3, -0.25) is 19.1 Å². The number of nitro groups is 1. The molecule has 0 aliphatic heterocycles. The van der Waals surface area contributed by atoms with Gasteiger partial charge in [0.25, 0.3) is 21.7 Å². The van der Waals surface area contributed by atoms with Gasteiger partial charge in [-0.25, -0.2) is 0 Å². The Hall–Kier alpha value is -2.27. The number of nitrogens with zero attached hydrogens (tertiary/aromatic N) is 4. The van der Waals surface area contributed by atoms with Crippen molar-refractivity contribution >= 4 is 43.3 Å². The van der Waals surface area contributed by atoms with Crippen molar-refractivity contribution in [1.29, 1.82) is 5.26 Å².